The molecule has 1 saturated carbocycles. The normalized spacial score (nSPS) is 27.2. The van der Waals surface area contributed by atoms with Crippen LogP contribution in [0.3, 0.4) is 0 Å². The molecule has 1 fully saturated rings. The predicted octanol–water partition coefficient (Wildman–Crippen LogP) is 2.50. The standard InChI is InChI=1S/C11H22ClNO2S/c1-11(2,3)7-8-16(14,15)13-10-6-4-5-9(10)12/h9-10,13H,4-8H2,1-3H3. The molecule has 0 aliphatic heterocycles. The summed E-state index contributed by atoms with van der Waals surface area (Å²) >= 11 is 6.05. The Morgan fingerprint density at radius 1 is 1.31 bits per heavy atom. The third-order valence-electron chi connectivity index (χ3n) is 2.88. The maximum Gasteiger partial charge on any atom is 0.211 e. The lowest BCUT2D eigenvalue weighted by Gasteiger charge is -2.20. The van der Waals surface area contributed by atoms with E-state index in [2.05, 4.69) is 4.72 Å². The lowest BCUT2D eigenvalue weighted by molar-refractivity contribution is 0.395. The first kappa shape index (κ1) is 14.3. The molecule has 1 N–H and O–H groups in total. The van der Waals surface area contributed by atoms with Crippen LogP contribution in [-0.2, 0) is 10.0 Å². The molecule has 2 atom stereocenters. The molecule has 0 saturated heterocycles. The van der Waals surface area contributed by atoms with Gasteiger partial charge in [0.1, 0.15) is 0 Å². The fourth-order valence-corrected chi connectivity index (χ4v) is 3.94. The predicted molar refractivity (Wildman–Crippen MR) is 68.3 cm³/mol. The highest BCUT2D eigenvalue weighted by Gasteiger charge is 2.29. The molecule has 3 nitrogen and oxygen atoms in total. The zero-order valence-corrected chi connectivity index (χ0v) is 11.9. The summed E-state index contributed by atoms with van der Waals surface area (Å²) in [7, 11) is -3.17. The van der Waals surface area contributed by atoms with Crippen molar-refractivity contribution < 1.29 is 8.42 Å². The van der Waals surface area contributed by atoms with E-state index in [4.69, 9.17) is 11.6 Å². The summed E-state index contributed by atoms with van der Waals surface area (Å²) in [6.07, 6.45) is 3.46. The van der Waals surface area contributed by atoms with Crippen LogP contribution in [0.5, 0.6) is 0 Å². The van der Waals surface area contributed by atoms with Crippen molar-refractivity contribution in [3.8, 4) is 0 Å². The van der Waals surface area contributed by atoms with Crippen LogP contribution in [0.15, 0.2) is 0 Å². The van der Waals surface area contributed by atoms with E-state index in [0.717, 1.165) is 19.3 Å². The van der Waals surface area contributed by atoms with Crippen LogP contribution in [0.4, 0.5) is 0 Å². The van der Waals surface area contributed by atoms with Crippen molar-refractivity contribution in [1.82, 2.24) is 4.72 Å². The van der Waals surface area contributed by atoms with Crippen LogP contribution in [0, 0.1) is 5.41 Å². The molecular weight excluding hydrogens is 246 g/mol. The van der Waals surface area contributed by atoms with E-state index >= 15 is 0 Å². The van der Waals surface area contributed by atoms with Gasteiger partial charge in [0.25, 0.3) is 0 Å². The Balaban J connectivity index is 2.46. The molecule has 0 heterocycles. The van der Waals surface area contributed by atoms with Crippen LogP contribution in [0.25, 0.3) is 0 Å². The average Bonchev–Trinajstić information content (AvgIpc) is 2.47. The molecule has 0 radical (unpaired) electrons. The van der Waals surface area contributed by atoms with Crippen molar-refractivity contribution in [3.63, 3.8) is 0 Å². The molecule has 0 aromatic heterocycles. The number of hydrogen-bond donors (Lipinski definition) is 1. The summed E-state index contributed by atoms with van der Waals surface area (Å²) in [5.74, 6) is 0.191. The minimum atomic E-state index is -3.17. The first-order chi connectivity index (χ1) is 7.20. The Morgan fingerprint density at radius 3 is 2.38 bits per heavy atom. The highest BCUT2D eigenvalue weighted by Crippen LogP contribution is 2.25. The van der Waals surface area contributed by atoms with Gasteiger partial charge in [0, 0.05) is 11.4 Å². The van der Waals surface area contributed by atoms with Gasteiger partial charge < -0.3 is 0 Å². The van der Waals surface area contributed by atoms with Gasteiger partial charge in [-0.1, -0.05) is 27.2 Å². The smallest absolute Gasteiger partial charge is 0.211 e. The minimum Gasteiger partial charge on any atom is -0.212 e. The monoisotopic (exact) mass is 267 g/mol. The van der Waals surface area contributed by atoms with Gasteiger partial charge in [-0.05, 0) is 24.7 Å². The van der Waals surface area contributed by atoms with Crippen LogP contribution < -0.4 is 4.72 Å². The van der Waals surface area contributed by atoms with E-state index in [0.29, 0.717) is 6.42 Å². The van der Waals surface area contributed by atoms with E-state index in [1.54, 1.807) is 0 Å². The molecule has 0 amide bonds. The Hall–Kier alpha value is 0.200. The van der Waals surface area contributed by atoms with Crippen LogP contribution >= 0.6 is 11.6 Å². The molecule has 1 rings (SSSR count). The molecule has 16 heavy (non-hydrogen) atoms. The Labute approximate surface area is 104 Å². The summed E-state index contributed by atoms with van der Waals surface area (Å²) in [6, 6.07) is -0.0633. The highest BCUT2D eigenvalue weighted by molar-refractivity contribution is 7.89. The van der Waals surface area contributed by atoms with Crippen molar-refractivity contribution in [2.45, 2.75) is 57.9 Å². The van der Waals surface area contributed by atoms with Gasteiger partial charge in [-0.3, -0.25) is 0 Å². The number of nitrogens with one attached hydrogen (secondary N) is 1. The van der Waals surface area contributed by atoms with E-state index in [1.807, 2.05) is 20.8 Å². The molecule has 0 aromatic rings. The quantitative estimate of drug-likeness (QED) is 0.796. The van der Waals surface area contributed by atoms with E-state index in [1.165, 1.54) is 0 Å². The van der Waals surface area contributed by atoms with Gasteiger partial charge in [0.15, 0.2) is 0 Å². The van der Waals surface area contributed by atoms with Gasteiger partial charge in [-0.25, -0.2) is 13.1 Å². The van der Waals surface area contributed by atoms with E-state index in [-0.39, 0.29) is 22.6 Å². The summed E-state index contributed by atoms with van der Waals surface area (Å²) in [4.78, 5) is 0. The number of rotatable bonds is 4. The molecule has 2 unspecified atom stereocenters. The fraction of sp³-hybridized carbons (Fsp3) is 1.00. The minimum absolute atomic E-state index is 0.0376. The first-order valence-corrected chi connectivity index (χ1v) is 7.93. The first-order valence-electron chi connectivity index (χ1n) is 5.84. The number of hydrogen-bond acceptors (Lipinski definition) is 2. The molecular formula is C11H22ClNO2S. The van der Waals surface area contributed by atoms with Crippen LogP contribution in [0.2, 0.25) is 0 Å². The van der Waals surface area contributed by atoms with E-state index < -0.39 is 10.0 Å². The van der Waals surface area contributed by atoms with Gasteiger partial charge in [0.05, 0.1) is 5.75 Å². The van der Waals surface area contributed by atoms with E-state index in [9.17, 15) is 8.42 Å². The van der Waals surface area contributed by atoms with Crippen LogP contribution in [0.1, 0.15) is 46.5 Å². The second-order valence-electron chi connectivity index (χ2n) is 5.80. The molecule has 1 aliphatic rings. The highest BCUT2D eigenvalue weighted by atomic mass is 35.5. The molecule has 1 aliphatic carbocycles. The molecule has 5 heteroatoms. The third-order valence-corrected chi connectivity index (χ3v) is 4.81. The zero-order valence-electron chi connectivity index (χ0n) is 10.3. The lowest BCUT2D eigenvalue weighted by Crippen LogP contribution is -2.39. The van der Waals surface area contributed by atoms with Crippen LogP contribution in [-0.4, -0.2) is 25.6 Å². The number of halogens is 1. The third kappa shape index (κ3) is 5.02. The van der Waals surface area contributed by atoms with Crippen molar-refractivity contribution >= 4 is 21.6 Å². The molecule has 0 aromatic carbocycles. The maximum atomic E-state index is 11.8. The topological polar surface area (TPSA) is 46.2 Å². The fourth-order valence-electron chi connectivity index (χ4n) is 1.78. The van der Waals surface area contributed by atoms with Crippen molar-refractivity contribution in [1.29, 1.82) is 0 Å². The SMILES string of the molecule is CC(C)(C)CCS(=O)(=O)NC1CCCC1Cl. The van der Waals surface area contributed by atoms with Gasteiger partial charge in [0.2, 0.25) is 10.0 Å². The molecule has 0 spiro atoms. The van der Waals surface area contributed by atoms with Crippen molar-refractivity contribution in [3.05, 3.63) is 0 Å². The van der Waals surface area contributed by atoms with Gasteiger partial charge in [-0.2, -0.15) is 0 Å². The van der Waals surface area contributed by atoms with Crippen molar-refractivity contribution in [2.24, 2.45) is 5.41 Å². The maximum absolute atomic E-state index is 11.8. The lowest BCUT2D eigenvalue weighted by atomic mass is 9.94. The van der Waals surface area contributed by atoms with Gasteiger partial charge in [-0.15, -0.1) is 11.6 Å². The second kappa shape index (κ2) is 5.23. The Kier molecular flexibility index (Phi) is 4.66. The summed E-state index contributed by atoms with van der Waals surface area (Å²) in [5, 5.41) is -0.0376. The summed E-state index contributed by atoms with van der Waals surface area (Å²) in [6.45, 7) is 6.13. The van der Waals surface area contributed by atoms with Crippen molar-refractivity contribution in [2.75, 3.05) is 5.75 Å². The Morgan fingerprint density at radius 2 is 1.94 bits per heavy atom. The molecule has 96 valence electrons. The second-order valence-corrected chi connectivity index (χ2v) is 8.23. The summed E-state index contributed by atoms with van der Waals surface area (Å²) < 4.78 is 26.3. The Bertz CT molecular complexity index is 321. The van der Waals surface area contributed by atoms with Gasteiger partial charge >= 0.3 is 0 Å². The number of alkyl halides is 1. The summed E-state index contributed by atoms with van der Waals surface area (Å²) in [5.41, 5.74) is 0.0464. The largest absolute Gasteiger partial charge is 0.212 e. The molecule has 0 bridgehead atoms. The average molecular weight is 268 g/mol. The number of sulfonamides is 1. The zero-order chi connectivity index (χ0) is 12.4.